The van der Waals surface area contributed by atoms with Crippen molar-refractivity contribution in [1.82, 2.24) is 9.80 Å². The van der Waals surface area contributed by atoms with Gasteiger partial charge in [0.25, 0.3) is 0 Å². The fourth-order valence-electron chi connectivity index (χ4n) is 7.29. The molecule has 0 unspecified atom stereocenters. The van der Waals surface area contributed by atoms with Crippen molar-refractivity contribution < 1.29 is 11.9 Å². The molecule has 0 amide bonds. The monoisotopic (exact) mass is 655 g/mol. The van der Waals surface area contributed by atoms with Gasteiger partial charge < -0.3 is 0 Å². The van der Waals surface area contributed by atoms with E-state index in [0.29, 0.717) is 0 Å². The van der Waals surface area contributed by atoms with Gasteiger partial charge in [0.05, 0.1) is 17.0 Å². The van der Waals surface area contributed by atoms with Gasteiger partial charge in [0.2, 0.25) is 0 Å². The Hall–Kier alpha value is 0.513. The fraction of sp³-hybridized carbons (Fsp3) is 0.742. The third-order valence-corrected chi connectivity index (χ3v) is 20.0. The summed E-state index contributed by atoms with van der Waals surface area (Å²) in [4.78, 5) is 4.38. The molecule has 0 atom stereocenters. The van der Waals surface area contributed by atoms with Crippen molar-refractivity contribution in [2.24, 2.45) is 0 Å². The zero-order valence-corrected chi connectivity index (χ0v) is 27.7. The maximum absolute atomic E-state index is 6.64. The van der Waals surface area contributed by atoms with Gasteiger partial charge in [-0.1, -0.05) is 19.3 Å². The van der Waals surface area contributed by atoms with Crippen molar-refractivity contribution in [2.45, 2.75) is 120 Å². The van der Waals surface area contributed by atoms with Crippen LogP contribution in [0.15, 0.2) is 30.3 Å². The molecule has 0 aromatic heterocycles. The molecule has 4 fully saturated rings. The molecule has 0 N–H and O–H groups in total. The number of benzene rings is 1. The van der Waals surface area contributed by atoms with Gasteiger partial charge in [-0.15, -0.1) is 0 Å². The Balaban J connectivity index is 0.000000173. The van der Waals surface area contributed by atoms with E-state index in [1.807, 2.05) is 18.2 Å². The van der Waals surface area contributed by atoms with E-state index in [1.165, 1.54) is 22.5 Å². The molecule has 1 heterocycles. The summed E-state index contributed by atoms with van der Waals surface area (Å²) in [6, 6.07) is 10.3. The molecule has 6 heteroatoms. The second kappa shape index (κ2) is 15.5. The van der Waals surface area contributed by atoms with Crippen LogP contribution in [0.25, 0.3) is 0 Å². The quantitative estimate of drug-likeness (QED) is 0.232. The van der Waals surface area contributed by atoms with Crippen molar-refractivity contribution in [3.8, 4) is 0 Å². The predicted octanol–water partition coefficient (Wildman–Crippen LogP) is 8.66. The molecule has 2 nitrogen and oxygen atoms in total. The Bertz CT molecular complexity index is 865. The zero-order valence-electron chi connectivity index (χ0n) is 23.4. The third-order valence-electron chi connectivity index (χ3n) is 9.15. The molecule has 1 saturated heterocycles. The number of nitrogens with zero attached hydrogens (tertiary/aromatic N) is 2. The first-order valence-corrected chi connectivity index (χ1v) is 23.2. The molecule has 0 spiro atoms. The van der Waals surface area contributed by atoms with Crippen LogP contribution in [-0.2, 0) is 18.3 Å². The molecule has 1 aromatic carbocycles. The first-order valence-electron chi connectivity index (χ1n) is 15.1. The second-order valence-corrected chi connectivity index (χ2v) is 24.8. The Labute approximate surface area is 239 Å². The van der Waals surface area contributed by atoms with Gasteiger partial charge in [-0.05, 0) is 77.0 Å². The Morgan fingerprint density at radius 2 is 1.11 bits per heavy atom. The molecular weight excluding hydrogens is 603 g/mol. The van der Waals surface area contributed by atoms with Crippen molar-refractivity contribution in [3.05, 3.63) is 35.9 Å². The molecule has 3 aliphatic carbocycles. The first-order chi connectivity index (χ1) is 18.0. The van der Waals surface area contributed by atoms with Crippen LogP contribution < -0.4 is 0 Å². The number of halogens is 2. The van der Waals surface area contributed by atoms with Crippen LogP contribution >= 0.6 is 27.3 Å². The standard InChI is InChI=1S/C18H33P.C8H8.C5H10N2.2ClH.Ru/c1-4-10-16(11-5-1)19(17-12-6-2-7-13-17)18-14-8-3-9-15-18;1-2-8-6-4-3-5-7-8;1-6-3-4-7(2)5-6;;;/h16-18H,1-15H2;1,3-7H,2H2;3-4H2,1-2H3;2*1H;/q;;;;;+2/p-1. The van der Waals surface area contributed by atoms with Crippen molar-refractivity contribution in [1.29, 1.82) is 0 Å². The van der Waals surface area contributed by atoms with E-state index in [0.717, 1.165) is 23.9 Å². The Morgan fingerprint density at radius 3 is 1.51 bits per heavy atom. The van der Waals surface area contributed by atoms with Crippen LogP contribution in [0.5, 0.6) is 0 Å². The molecule has 0 radical (unpaired) electrons. The second-order valence-electron chi connectivity index (χ2n) is 11.9. The van der Waals surface area contributed by atoms with E-state index in [9.17, 15) is 0 Å². The van der Waals surface area contributed by atoms with Gasteiger partial charge in [0.1, 0.15) is 0 Å². The van der Waals surface area contributed by atoms with E-state index in [2.05, 4.69) is 40.6 Å². The van der Waals surface area contributed by atoms with Crippen LogP contribution in [0.3, 0.4) is 0 Å². The molecule has 4 aliphatic rings. The van der Waals surface area contributed by atoms with Crippen LogP contribution in [-0.4, -0.2) is 62.9 Å². The minimum absolute atomic E-state index is 0.0465. The summed E-state index contributed by atoms with van der Waals surface area (Å²) in [6.45, 7) is 2.01. The van der Waals surface area contributed by atoms with Crippen molar-refractivity contribution >= 4 is 36.3 Å². The Kier molecular flexibility index (Phi) is 12.8. The van der Waals surface area contributed by atoms with Crippen LogP contribution in [0, 0.1) is 0 Å². The third kappa shape index (κ3) is 9.00. The van der Waals surface area contributed by atoms with Gasteiger partial charge in [-0.2, -0.15) is 0 Å². The van der Waals surface area contributed by atoms with E-state index in [1.54, 1.807) is 96.3 Å². The number of likely N-dealkylation sites (N-methyl/N-ethyl adjacent to an activating group) is 2. The number of rotatable bonds is 5. The van der Waals surface area contributed by atoms with Crippen LogP contribution in [0.2, 0.25) is 0 Å². The maximum atomic E-state index is 6.64. The van der Waals surface area contributed by atoms with E-state index in [-0.39, 0.29) is 7.92 Å². The average molecular weight is 656 g/mol. The summed E-state index contributed by atoms with van der Waals surface area (Å²) in [5.74, 6) is 0. The van der Waals surface area contributed by atoms with Crippen molar-refractivity contribution in [3.63, 3.8) is 0 Å². The van der Waals surface area contributed by atoms with Crippen molar-refractivity contribution in [2.75, 3.05) is 27.2 Å². The summed E-state index contributed by atoms with van der Waals surface area (Å²) in [5.41, 5.74) is 4.94. The van der Waals surface area contributed by atoms with Gasteiger partial charge in [-0.3, -0.25) is 0 Å². The zero-order chi connectivity index (χ0) is 26.1. The summed E-state index contributed by atoms with van der Waals surface area (Å²) in [5, 5.41) is 0. The number of hydrogen-bond donors (Lipinski definition) is 0. The van der Waals surface area contributed by atoms with Gasteiger partial charge in [0, 0.05) is 7.92 Å². The normalized spacial score (nSPS) is 24.2. The average Bonchev–Trinajstić information content (AvgIpc) is 3.29. The summed E-state index contributed by atoms with van der Waals surface area (Å²) in [7, 11) is 17.4. The summed E-state index contributed by atoms with van der Waals surface area (Å²) >= 11 is -2.84. The fourth-order valence-corrected chi connectivity index (χ4v) is 18.9. The predicted molar refractivity (Wildman–Crippen MR) is 167 cm³/mol. The number of hydrogen-bond acceptors (Lipinski definition) is 2. The van der Waals surface area contributed by atoms with E-state index >= 15 is 0 Å². The molecule has 1 aliphatic heterocycles. The molecule has 5 rings (SSSR count). The SMILES string of the molecule is C1CCC([PH+](C2CCCCC2)C2CCCCC2)CC1.CN1CCN(C)[C]1=[Ru]([Cl])([Cl])=[CH]Cc1ccccc1. The molecule has 212 valence electrons. The molecule has 37 heavy (non-hydrogen) atoms. The molecule has 0 bridgehead atoms. The van der Waals surface area contributed by atoms with Crippen LogP contribution in [0.1, 0.15) is 102 Å². The summed E-state index contributed by atoms with van der Waals surface area (Å²) < 4.78 is 3.26. The molecular formula is C31H52Cl2N2PRu+. The van der Waals surface area contributed by atoms with E-state index in [4.69, 9.17) is 19.4 Å². The van der Waals surface area contributed by atoms with Gasteiger partial charge in [0.15, 0.2) is 0 Å². The molecule has 1 aromatic rings. The van der Waals surface area contributed by atoms with Crippen LogP contribution in [0.4, 0.5) is 0 Å². The summed E-state index contributed by atoms with van der Waals surface area (Å²) in [6.07, 6.45) is 24.6. The first kappa shape index (κ1) is 30.5. The topological polar surface area (TPSA) is 6.48 Å². The Morgan fingerprint density at radius 1 is 0.703 bits per heavy atom. The minimum atomic E-state index is -2.84. The van der Waals surface area contributed by atoms with E-state index < -0.39 is 11.9 Å². The van der Waals surface area contributed by atoms with Gasteiger partial charge >= 0.3 is 120 Å². The van der Waals surface area contributed by atoms with Gasteiger partial charge in [-0.25, -0.2) is 0 Å². The molecule has 3 saturated carbocycles.